The predicted molar refractivity (Wildman–Crippen MR) is 115 cm³/mol. The van der Waals surface area contributed by atoms with Gasteiger partial charge in [0.15, 0.2) is 11.0 Å². The van der Waals surface area contributed by atoms with Crippen molar-refractivity contribution in [3.8, 4) is 6.07 Å². The Morgan fingerprint density at radius 1 is 1.33 bits per heavy atom. The van der Waals surface area contributed by atoms with E-state index in [1.165, 1.54) is 23.1 Å². The fourth-order valence-corrected chi connectivity index (χ4v) is 5.14. The zero-order chi connectivity index (χ0) is 21.3. The topological polar surface area (TPSA) is 108 Å². The van der Waals surface area contributed by atoms with Gasteiger partial charge in [-0.1, -0.05) is 11.8 Å². The van der Waals surface area contributed by atoms with Crippen LogP contribution in [0.4, 0.5) is 5.88 Å². The van der Waals surface area contributed by atoms with E-state index in [0.29, 0.717) is 59.9 Å². The molecule has 1 aliphatic rings. The first-order chi connectivity index (χ1) is 14.5. The molecule has 0 N–H and O–H groups in total. The van der Waals surface area contributed by atoms with Crippen LogP contribution in [0.25, 0.3) is 10.2 Å². The van der Waals surface area contributed by atoms with Crippen LogP contribution in [0.3, 0.4) is 0 Å². The SMILES string of the molecule is CCn1c(SCC(=O)N2CCN(c3oc(C)nc3C#N)CC2)nc2ccsc2c1=O. The van der Waals surface area contributed by atoms with Gasteiger partial charge in [0.1, 0.15) is 10.8 Å². The number of nitrogens with zero attached hydrogens (tertiary/aromatic N) is 6. The molecule has 9 nitrogen and oxygen atoms in total. The average molecular weight is 445 g/mol. The van der Waals surface area contributed by atoms with Crippen LogP contribution >= 0.6 is 23.1 Å². The van der Waals surface area contributed by atoms with Crippen LogP contribution in [0, 0.1) is 18.3 Å². The highest BCUT2D eigenvalue weighted by atomic mass is 32.2. The monoisotopic (exact) mass is 444 g/mol. The fourth-order valence-electron chi connectivity index (χ4n) is 3.39. The van der Waals surface area contributed by atoms with Crippen molar-refractivity contribution in [2.24, 2.45) is 0 Å². The highest BCUT2D eigenvalue weighted by Crippen LogP contribution is 2.24. The maximum Gasteiger partial charge on any atom is 0.272 e. The molecule has 4 rings (SSSR count). The lowest BCUT2D eigenvalue weighted by atomic mass is 10.3. The van der Waals surface area contributed by atoms with Crippen molar-refractivity contribution in [1.29, 1.82) is 5.26 Å². The third kappa shape index (κ3) is 3.80. The first-order valence-corrected chi connectivity index (χ1v) is 11.4. The summed E-state index contributed by atoms with van der Waals surface area (Å²) in [6.45, 7) is 6.31. The van der Waals surface area contributed by atoms with Crippen LogP contribution in [0.1, 0.15) is 18.5 Å². The van der Waals surface area contributed by atoms with Crippen molar-refractivity contribution in [3.63, 3.8) is 0 Å². The van der Waals surface area contributed by atoms with Gasteiger partial charge in [-0.15, -0.1) is 11.3 Å². The minimum atomic E-state index is -0.0586. The third-order valence-electron chi connectivity index (χ3n) is 4.91. The van der Waals surface area contributed by atoms with Crippen molar-refractivity contribution >= 4 is 45.1 Å². The summed E-state index contributed by atoms with van der Waals surface area (Å²) in [7, 11) is 0. The van der Waals surface area contributed by atoms with Gasteiger partial charge in [-0.3, -0.25) is 14.2 Å². The first kappa shape index (κ1) is 20.4. The lowest BCUT2D eigenvalue weighted by molar-refractivity contribution is -0.128. The Morgan fingerprint density at radius 2 is 2.10 bits per heavy atom. The van der Waals surface area contributed by atoms with E-state index in [0.717, 1.165) is 0 Å². The number of rotatable bonds is 5. The van der Waals surface area contributed by atoms with Gasteiger partial charge in [-0.2, -0.15) is 5.26 Å². The van der Waals surface area contributed by atoms with Crippen LogP contribution in [0.15, 0.2) is 25.8 Å². The van der Waals surface area contributed by atoms with Gasteiger partial charge in [0.25, 0.3) is 5.56 Å². The second-order valence-electron chi connectivity index (χ2n) is 6.73. The fraction of sp³-hybridized carbons (Fsp3) is 0.421. The van der Waals surface area contributed by atoms with Gasteiger partial charge in [0.05, 0.1) is 11.3 Å². The van der Waals surface area contributed by atoms with Gasteiger partial charge < -0.3 is 14.2 Å². The molecule has 1 saturated heterocycles. The molecule has 0 radical (unpaired) electrons. The van der Waals surface area contributed by atoms with Crippen molar-refractivity contribution in [3.05, 3.63) is 33.4 Å². The number of carbonyl (C=O) groups excluding carboxylic acids is 1. The van der Waals surface area contributed by atoms with Gasteiger partial charge in [0, 0.05) is 39.6 Å². The number of thioether (sulfide) groups is 1. The summed E-state index contributed by atoms with van der Waals surface area (Å²) < 4.78 is 7.81. The van der Waals surface area contributed by atoms with Crippen molar-refractivity contribution in [2.75, 3.05) is 36.8 Å². The van der Waals surface area contributed by atoms with Gasteiger partial charge in [0.2, 0.25) is 17.5 Å². The standard InChI is InChI=1S/C19H20N6O3S2/c1-3-25-17(27)16-13(4-9-29-16)22-19(25)30-11-15(26)23-5-7-24(8-6-23)18-14(10-20)21-12(2)28-18/h4,9H,3,5-8,11H2,1-2H3. The molecule has 3 aromatic rings. The molecule has 3 aromatic heterocycles. The number of nitriles is 1. The van der Waals surface area contributed by atoms with Crippen molar-refractivity contribution < 1.29 is 9.21 Å². The molecule has 1 aliphatic heterocycles. The van der Waals surface area contributed by atoms with E-state index < -0.39 is 0 Å². The van der Waals surface area contributed by atoms with Crippen LogP contribution in [0.2, 0.25) is 0 Å². The molecule has 0 saturated carbocycles. The summed E-state index contributed by atoms with van der Waals surface area (Å²) in [5.74, 6) is 1.13. The van der Waals surface area contributed by atoms with E-state index in [1.54, 1.807) is 16.4 Å². The van der Waals surface area contributed by atoms with Crippen LogP contribution in [-0.2, 0) is 11.3 Å². The Labute approximate surface area is 180 Å². The quantitative estimate of drug-likeness (QED) is 0.435. The number of anilines is 1. The largest absolute Gasteiger partial charge is 0.424 e. The molecular formula is C19H20N6O3S2. The predicted octanol–water partition coefficient (Wildman–Crippen LogP) is 2.09. The number of fused-ring (bicyclic) bond motifs is 1. The number of piperazine rings is 1. The van der Waals surface area contributed by atoms with Gasteiger partial charge in [-0.25, -0.2) is 9.97 Å². The molecule has 0 aromatic carbocycles. The maximum absolute atomic E-state index is 12.7. The first-order valence-electron chi connectivity index (χ1n) is 9.53. The number of carbonyl (C=O) groups is 1. The van der Waals surface area contributed by atoms with Crippen molar-refractivity contribution in [2.45, 2.75) is 25.5 Å². The molecule has 0 atom stereocenters. The third-order valence-corrected chi connectivity index (χ3v) is 6.77. The molecule has 1 amide bonds. The second-order valence-corrected chi connectivity index (χ2v) is 8.59. The molecule has 0 unspecified atom stereocenters. The van der Waals surface area contributed by atoms with Crippen LogP contribution < -0.4 is 10.5 Å². The van der Waals surface area contributed by atoms with E-state index in [2.05, 4.69) is 9.97 Å². The number of amides is 1. The Balaban J connectivity index is 1.40. The molecule has 4 heterocycles. The Bertz CT molecular complexity index is 1180. The van der Waals surface area contributed by atoms with Crippen LogP contribution in [0.5, 0.6) is 0 Å². The Hall–Kier alpha value is -2.84. The van der Waals surface area contributed by atoms with E-state index in [1.807, 2.05) is 29.3 Å². The molecule has 11 heteroatoms. The van der Waals surface area contributed by atoms with E-state index in [-0.39, 0.29) is 22.9 Å². The Morgan fingerprint density at radius 3 is 2.80 bits per heavy atom. The number of thiophene rings is 1. The van der Waals surface area contributed by atoms with Gasteiger partial charge >= 0.3 is 0 Å². The molecule has 0 spiro atoms. The highest BCUT2D eigenvalue weighted by Gasteiger charge is 2.26. The zero-order valence-corrected chi connectivity index (χ0v) is 18.3. The smallest absolute Gasteiger partial charge is 0.272 e. The number of hydrogen-bond acceptors (Lipinski definition) is 9. The summed E-state index contributed by atoms with van der Waals surface area (Å²) in [6.07, 6.45) is 0. The number of hydrogen-bond donors (Lipinski definition) is 0. The molecule has 0 aliphatic carbocycles. The lowest BCUT2D eigenvalue weighted by Crippen LogP contribution is -2.49. The normalized spacial score (nSPS) is 14.3. The van der Waals surface area contributed by atoms with E-state index >= 15 is 0 Å². The Kier molecular flexibility index (Phi) is 5.78. The number of aryl methyl sites for hydroxylation is 1. The minimum absolute atomic E-state index is 0.00350. The summed E-state index contributed by atoms with van der Waals surface area (Å²) in [5, 5.41) is 11.6. The molecule has 156 valence electrons. The lowest BCUT2D eigenvalue weighted by Gasteiger charge is -2.34. The maximum atomic E-state index is 12.7. The van der Waals surface area contributed by atoms with Gasteiger partial charge in [-0.05, 0) is 18.4 Å². The molecule has 0 bridgehead atoms. The van der Waals surface area contributed by atoms with Crippen molar-refractivity contribution in [1.82, 2.24) is 19.4 Å². The molecule has 1 fully saturated rings. The second kappa shape index (κ2) is 8.49. The molecular weight excluding hydrogens is 424 g/mol. The number of aromatic nitrogens is 3. The summed E-state index contributed by atoms with van der Waals surface area (Å²) in [4.78, 5) is 37.7. The minimum Gasteiger partial charge on any atom is -0.424 e. The summed E-state index contributed by atoms with van der Waals surface area (Å²) in [6, 6.07) is 3.87. The molecule has 30 heavy (non-hydrogen) atoms. The average Bonchev–Trinajstić information content (AvgIpc) is 3.38. The summed E-state index contributed by atoms with van der Waals surface area (Å²) >= 11 is 2.68. The zero-order valence-electron chi connectivity index (χ0n) is 16.6. The summed E-state index contributed by atoms with van der Waals surface area (Å²) in [5.41, 5.74) is 0.890. The van der Waals surface area contributed by atoms with E-state index in [4.69, 9.17) is 4.42 Å². The number of oxazole rings is 1. The van der Waals surface area contributed by atoms with Crippen LogP contribution in [-0.4, -0.2) is 57.3 Å². The van der Waals surface area contributed by atoms with E-state index in [9.17, 15) is 14.9 Å². The highest BCUT2D eigenvalue weighted by molar-refractivity contribution is 7.99.